The van der Waals surface area contributed by atoms with Crippen molar-refractivity contribution in [2.24, 2.45) is 0 Å². The second-order valence-corrected chi connectivity index (χ2v) is 10.5. The molecule has 0 aliphatic heterocycles. The van der Waals surface area contributed by atoms with Gasteiger partial charge in [-0.15, -0.1) is 0 Å². The molecule has 0 saturated heterocycles. The molecule has 0 heterocycles. The minimum absolute atomic E-state index is 0.0324. The Hall–Kier alpha value is -3.81. The highest BCUT2D eigenvalue weighted by Crippen LogP contribution is 2.51. The van der Waals surface area contributed by atoms with Crippen molar-refractivity contribution in [1.29, 1.82) is 0 Å². The summed E-state index contributed by atoms with van der Waals surface area (Å²) in [7, 11) is 3.06. The molecule has 1 fully saturated rings. The molecule has 0 spiro atoms. The lowest BCUT2D eigenvalue weighted by Gasteiger charge is -2.40. The molecule has 0 N–H and O–H groups in total. The molecule has 0 bridgehead atoms. The number of rotatable bonds is 11. The molecular formula is C31H39NO7. The van der Waals surface area contributed by atoms with Crippen LogP contribution in [0.2, 0.25) is 0 Å². The topological polar surface area (TPSA) is 97.1 Å². The molecule has 2 unspecified atom stereocenters. The van der Waals surface area contributed by atoms with Gasteiger partial charge in [0.2, 0.25) is 5.54 Å². The Kier molecular flexibility index (Phi) is 9.78. The predicted octanol–water partition coefficient (Wildman–Crippen LogP) is 6.66. The lowest BCUT2D eigenvalue weighted by molar-refractivity contribution is -0.576. The Morgan fingerprint density at radius 3 is 1.59 bits per heavy atom. The second-order valence-electron chi connectivity index (χ2n) is 10.5. The van der Waals surface area contributed by atoms with Crippen LogP contribution >= 0.6 is 0 Å². The number of nitrogens with zero attached hydrogens (tertiary/aromatic N) is 1. The predicted molar refractivity (Wildman–Crippen MR) is 151 cm³/mol. The van der Waals surface area contributed by atoms with E-state index in [0.29, 0.717) is 47.3 Å². The van der Waals surface area contributed by atoms with E-state index in [1.165, 1.54) is 14.2 Å². The number of benzene rings is 2. The Morgan fingerprint density at radius 1 is 0.846 bits per heavy atom. The third kappa shape index (κ3) is 6.80. The number of allylic oxidation sites excluding steroid dienone is 2. The molecule has 0 amide bonds. The highest BCUT2D eigenvalue weighted by molar-refractivity contribution is 5.82. The third-order valence-corrected chi connectivity index (χ3v) is 7.31. The van der Waals surface area contributed by atoms with E-state index in [4.69, 9.17) is 18.9 Å². The van der Waals surface area contributed by atoms with E-state index in [0.717, 1.165) is 11.1 Å². The van der Waals surface area contributed by atoms with Crippen molar-refractivity contribution in [3.8, 4) is 23.0 Å². The lowest BCUT2D eigenvalue weighted by atomic mass is 9.62. The zero-order chi connectivity index (χ0) is 28.7. The van der Waals surface area contributed by atoms with Gasteiger partial charge >= 0.3 is 0 Å². The lowest BCUT2D eigenvalue weighted by Crippen LogP contribution is -2.51. The maximum atomic E-state index is 13.0. The standard InChI is InChI=1S/C31H39NO7/c1-20(2)12-14-38-27-10-8-22(16-29(27)36-6)25-18-24(33)19-26(31(25,5)32(34)35)23-9-11-28(30(17-23)37-7)39-15-13-21(3)4/h8-13,16-17,25-26H,14-15,18-19H2,1-7H3. The van der Waals surface area contributed by atoms with Gasteiger partial charge < -0.3 is 18.9 Å². The first-order valence-electron chi connectivity index (χ1n) is 13.1. The maximum absolute atomic E-state index is 13.0. The molecule has 210 valence electrons. The molecule has 8 heteroatoms. The fourth-order valence-electron chi connectivity index (χ4n) is 5.00. The van der Waals surface area contributed by atoms with Crippen LogP contribution in [0.15, 0.2) is 59.7 Å². The minimum Gasteiger partial charge on any atom is -0.493 e. The van der Waals surface area contributed by atoms with Gasteiger partial charge in [0.15, 0.2) is 23.0 Å². The second kappa shape index (κ2) is 12.8. The molecule has 2 aromatic rings. The Bertz CT molecular complexity index is 1170. The van der Waals surface area contributed by atoms with Crippen molar-refractivity contribution in [2.45, 2.75) is 64.8 Å². The van der Waals surface area contributed by atoms with Crippen LogP contribution in [0.4, 0.5) is 0 Å². The number of hydrogen-bond donors (Lipinski definition) is 0. The number of carbonyl (C=O) groups excluding carboxylic acids is 1. The van der Waals surface area contributed by atoms with Gasteiger partial charge in [-0.1, -0.05) is 23.3 Å². The van der Waals surface area contributed by atoms with Crippen LogP contribution in [0, 0.1) is 10.1 Å². The highest BCUT2D eigenvalue weighted by atomic mass is 16.6. The van der Waals surface area contributed by atoms with Gasteiger partial charge in [-0.3, -0.25) is 14.9 Å². The maximum Gasteiger partial charge on any atom is 0.233 e. The Balaban J connectivity index is 2.01. The van der Waals surface area contributed by atoms with Crippen LogP contribution in [0.3, 0.4) is 0 Å². The van der Waals surface area contributed by atoms with Gasteiger partial charge in [-0.2, -0.15) is 0 Å². The molecular weight excluding hydrogens is 498 g/mol. The number of ketones is 1. The first-order valence-corrected chi connectivity index (χ1v) is 13.1. The van der Waals surface area contributed by atoms with Crippen molar-refractivity contribution in [1.82, 2.24) is 0 Å². The quantitative estimate of drug-likeness (QED) is 0.180. The fourth-order valence-corrected chi connectivity index (χ4v) is 5.00. The van der Waals surface area contributed by atoms with Crippen LogP contribution in [-0.2, 0) is 4.79 Å². The number of methoxy groups -OCH3 is 2. The van der Waals surface area contributed by atoms with Crippen molar-refractivity contribution in [3.05, 3.63) is 80.9 Å². The normalized spacial score (nSPS) is 20.5. The summed E-state index contributed by atoms with van der Waals surface area (Å²) in [6.45, 7) is 10.3. The van der Waals surface area contributed by atoms with Crippen LogP contribution in [0.5, 0.6) is 23.0 Å². The third-order valence-electron chi connectivity index (χ3n) is 7.31. The van der Waals surface area contributed by atoms with E-state index >= 15 is 0 Å². The summed E-state index contributed by atoms with van der Waals surface area (Å²) in [5.74, 6) is 0.638. The van der Waals surface area contributed by atoms with E-state index in [9.17, 15) is 14.9 Å². The summed E-state index contributed by atoms with van der Waals surface area (Å²) in [4.78, 5) is 25.6. The monoisotopic (exact) mass is 537 g/mol. The highest BCUT2D eigenvalue weighted by Gasteiger charge is 2.57. The molecule has 1 aliphatic rings. The molecule has 2 atom stereocenters. The van der Waals surface area contributed by atoms with Gasteiger partial charge in [-0.25, -0.2) is 0 Å². The number of hydrogen-bond acceptors (Lipinski definition) is 7. The van der Waals surface area contributed by atoms with Crippen molar-refractivity contribution in [3.63, 3.8) is 0 Å². The molecule has 1 aliphatic carbocycles. The van der Waals surface area contributed by atoms with Crippen LogP contribution < -0.4 is 18.9 Å². The van der Waals surface area contributed by atoms with Crippen molar-refractivity contribution >= 4 is 5.78 Å². The van der Waals surface area contributed by atoms with Crippen LogP contribution in [0.25, 0.3) is 0 Å². The molecule has 0 aromatic heterocycles. The average molecular weight is 538 g/mol. The zero-order valence-electron chi connectivity index (χ0n) is 23.9. The Morgan fingerprint density at radius 2 is 1.26 bits per heavy atom. The van der Waals surface area contributed by atoms with Crippen molar-refractivity contribution < 1.29 is 28.7 Å². The van der Waals surface area contributed by atoms with Gasteiger partial charge in [0.05, 0.1) is 26.1 Å². The summed E-state index contributed by atoms with van der Waals surface area (Å²) in [6.07, 6.45) is 4.04. The number of ether oxygens (including phenoxy) is 4. The smallest absolute Gasteiger partial charge is 0.233 e. The summed E-state index contributed by atoms with van der Waals surface area (Å²) < 4.78 is 22.8. The first-order chi connectivity index (χ1) is 18.5. The van der Waals surface area contributed by atoms with Gasteiger partial charge in [0, 0.05) is 24.7 Å². The number of Topliss-reactive ketones (excluding diaryl/α,β-unsaturated/α-hetero) is 1. The van der Waals surface area contributed by atoms with Crippen molar-refractivity contribution in [2.75, 3.05) is 27.4 Å². The molecule has 3 rings (SSSR count). The zero-order valence-corrected chi connectivity index (χ0v) is 23.9. The van der Waals surface area contributed by atoms with E-state index in [-0.39, 0.29) is 23.5 Å². The molecule has 0 radical (unpaired) electrons. The fraction of sp³-hybridized carbons (Fsp3) is 0.452. The summed E-state index contributed by atoms with van der Waals surface area (Å²) in [5, 5.41) is 12.8. The van der Waals surface area contributed by atoms with E-state index in [1.54, 1.807) is 43.3 Å². The summed E-state index contributed by atoms with van der Waals surface area (Å²) >= 11 is 0. The largest absolute Gasteiger partial charge is 0.493 e. The molecule has 8 nitrogen and oxygen atoms in total. The van der Waals surface area contributed by atoms with Gasteiger partial charge in [-0.05, 0) is 75.2 Å². The van der Waals surface area contributed by atoms with E-state index in [2.05, 4.69) is 0 Å². The van der Waals surface area contributed by atoms with E-state index in [1.807, 2.05) is 39.8 Å². The molecule has 1 saturated carbocycles. The van der Waals surface area contributed by atoms with Gasteiger partial charge in [0.1, 0.15) is 19.0 Å². The minimum atomic E-state index is -1.46. The number of nitro groups is 1. The molecule has 2 aromatic carbocycles. The summed E-state index contributed by atoms with van der Waals surface area (Å²) in [6, 6.07) is 10.6. The summed E-state index contributed by atoms with van der Waals surface area (Å²) in [5.41, 5.74) is 2.12. The molecule has 39 heavy (non-hydrogen) atoms. The first kappa shape index (κ1) is 29.7. The average Bonchev–Trinajstić information content (AvgIpc) is 2.89. The number of carbonyl (C=O) groups is 1. The van der Waals surface area contributed by atoms with Crippen LogP contribution in [0.1, 0.15) is 70.4 Å². The van der Waals surface area contributed by atoms with E-state index < -0.39 is 17.4 Å². The SMILES string of the molecule is COc1cc(C2CC(=O)CC(c3ccc(OCC=C(C)C)c(OC)c3)C2(C)[N+](=O)[O-])ccc1OCC=C(C)C. The van der Waals surface area contributed by atoms with Crippen LogP contribution in [-0.4, -0.2) is 43.7 Å². The van der Waals surface area contributed by atoms with Gasteiger partial charge in [0.25, 0.3) is 0 Å². The Labute approximate surface area is 230 Å².